The molecule has 21 heavy (non-hydrogen) atoms. The van der Waals surface area contributed by atoms with Crippen LogP contribution in [0.4, 0.5) is 0 Å². The van der Waals surface area contributed by atoms with Gasteiger partial charge in [0.15, 0.2) is 0 Å². The summed E-state index contributed by atoms with van der Waals surface area (Å²) in [6.07, 6.45) is 1.69. The number of phenols is 2. The first kappa shape index (κ1) is 14.8. The number of aromatic hydroxyl groups is 2. The quantitative estimate of drug-likeness (QED) is 0.795. The Morgan fingerprint density at radius 1 is 0.857 bits per heavy atom. The lowest BCUT2D eigenvalue weighted by atomic mass is 10.2. The smallest absolute Gasteiger partial charge is 0.275 e. The van der Waals surface area contributed by atoms with Crippen LogP contribution in [0.3, 0.4) is 0 Å². The summed E-state index contributed by atoms with van der Waals surface area (Å²) in [4.78, 5) is 0. The molecule has 0 bridgehead atoms. The summed E-state index contributed by atoms with van der Waals surface area (Å²) in [5.74, 6) is 0.726. The highest BCUT2D eigenvalue weighted by atomic mass is 16.7. The van der Waals surface area contributed by atoms with Gasteiger partial charge in [-0.2, -0.15) is 0 Å². The fourth-order valence-corrected chi connectivity index (χ4v) is 1.77. The van der Waals surface area contributed by atoms with Crippen molar-refractivity contribution in [3.8, 4) is 11.5 Å². The van der Waals surface area contributed by atoms with Crippen molar-refractivity contribution in [3.63, 3.8) is 0 Å². The summed E-state index contributed by atoms with van der Waals surface area (Å²) in [5, 5.41) is 19.3. The van der Waals surface area contributed by atoms with Crippen LogP contribution in [-0.4, -0.2) is 10.2 Å². The van der Waals surface area contributed by atoms with E-state index in [1.54, 1.807) is 49.4 Å². The highest BCUT2D eigenvalue weighted by molar-refractivity contribution is 5.32. The number of para-hydroxylation sites is 2. The van der Waals surface area contributed by atoms with Crippen molar-refractivity contribution in [1.29, 1.82) is 0 Å². The van der Waals surface area contributed by atoms with Gasteiger partial charge in [0.1, 0.15) is 24.7 Å². The van der Waals surface area contributed by atoms with Crippen LogP contribution < -0.4 is 0 Å². The second-order valence-corrected chi connectivity index (χ2v) is 4.44. The van der Waals surface area contributed by atoms with Crippen LogP contribution in [0.5, 0.6) is 11.5 Å². The van der Waals surface area contributed by atoms with Gasteiger partial charge in [-0.25, -0.2) is 0 Å². The van der Waals surface area contributed by atoms with E-state index in [4.69, 9.17) is 9.47 Å². The van der Waals surface area contributed by atoms with E-state index < -0.39 is 0 Å². The van der Waals surface area contributed by atoms with Crippen LogP contribution in [-0.2, 0) is 22.7 Å². The van der Waals surface area contributed by atoms with Crippen molar-refractivity contribution in [2.24, 2.45) is 0 Å². The maximum atomic E-state index is 9.67. The molecule has 2 aromatic rings. The third kappa shape index (κ3) is 4.18. The van der Waals surface area contributed by atoms with Gasteiger partial charge in [0.25, 0.3) is 5.95 Å². The standard InChI is InChI=1S/C17H18O4/c1-2-17(20-11-13-7-3-5-9-15(13)18)21-12-14-8-4-6-10-16(14)19/h2-10,18-19H,11-12H2,1H3. The number of ether oxygens (including phenoxy) is 2. The summed E-state index contributed by atoms with van der Waals surface area (Å²) in [7, 11) is 0. The van der Waals surface area contributed by atoms with Crippen molar-refractivity contribution >= 4 is 0 Å². The fraction of sp³-hybridized carbons (Fsp3) is 0.176. The molecule has 0 unspecified atom stereocenters. The van der Waals surface area contributed by atoms with Crippen LogP contribution in [0.15, 0.2) is 60.6 Å². The van der Waals surface area contributed by atoms with Crippen molar-refractivity contribution in [1.82, 2.24) is 0 Å². The number of rotatable bonds is 6. The zero-order valence-corrected chi connectivity index (χ0v) is 11.8. The predicted octanol–water partition coefficient (Wildman–Crippen LogP) is 3.69. The van der Waals surface area contributed by atoms with Gasteiger partial charge in [0.2, 0.25) is 0 Å². The van der Waals surface area contributed by atoms with Crippen LogP contribution in [0.2, 0.25) is 0 Å². The molecule has 4 nitrogen and oxygen atoms in total. The van der Waals surface area contributed by atoms with E-state index in [0.717, 1.165) is 0 Å². The topological polar surface area (TPSA) is 58.9 Å². The van der Waals surface area contributed by atoms with E-state index in [1.807, 2.05) is 12.1 Å². The molecule has 0 saturated heterocycles. The molecule has 2 N–H and O–H groups in total. The summed E-state index contributed by atoms with van der Waals surface area (Å²) in [5.41, 5.74) is 1.37. The molecule has 2 rings (SSSR count). The van der Waals surface area contributed by atoms with Gasteiger partial charge < -0.3 is 19.7 Å². The highest BCUT2D eigenvalue weighted by Gasteiger charge is 2.05. The average Bonchev–Trinajstić information content (AvgIpc) is 2.50. The Morgan fingerprint density at radius 3 is 1.67 bits per heavy atom. The van der Waals surface area contributed by atoms with E-state index in [-0.39, 0.29) is 24.7 Å². The zero-order chi connectivity index (χ0) is 15.1. The first-order valence-electron chi connectivity index (χ1n) is 6.66. The minimum atomic E-state index is 0.189. The van der Waals surface area contributed by atoms with Gasteiger partial charge in [-0.05, 0) is 25.1 Å². The first-order chi connectivity index (χ1) is 10.2. The van der Waals surface area contributed by atoms with Gasteiger partial charge in [-0.15, -0.1) is 0 Å². The van der Waals surface area contributed by atoms with E-state index in [2.05, 4.69) is 0 Å². The molecule has 0 fully saturated rings. The van der Waals surface area contributed by atoms with Crippen molar-refractivity contribution < 1.29 is 19.7 Å². The largest absolute Gasteiger partial charge is 0.508 e. The Morgan fingerprint density at radius 2 is 1.29 bits per heavy atom. The summed E-state index contributed by atoms with van der Waals surface area (Å²) >= 11 is 0. The van der Waals surface area contributed by atoms with Gasteiger partial charge in [-0.1, -0.05) is 36.4 Å². The predicted molar refractivity (Wildman–Crippen MR) is 79.5 cm³/mol. The molecule has 0 heterocycles. The maximum absolute atomic E-state index is 9.67. The normalized spacial score (nSPS) is 9.95. The molecule has 4 heteroatoms. The SMILES string of the molecule is CC=C(OCc1ccccc1O)OCc1ccccc1O. The Kier molecular flexibility index (Phi) is 5.10. The summed E-state index contributed by atoms with van der Waals surface area (Å²) in [6, 6.07) is 14.0. The van der Waals surface area contributed by atoms with Gasteiger partial charge in [-0.3, -0.25) is 0 Å². The average molecular weight is 286 g/mol. The van der Waals surface area contributed by atoms with E-state index in [1.165, 1.54) is 0 Å². The first-order valence-corrected chi connectivity index (χ1v) is 6.66. The second-order valence-electron chi connectivity index (χ2n) is 4.44. The lowest BCUT2D eigenvalue weighted by Crippen LogP contribution is -1.99. The molecular formula is C17H18O4. The Bertz CT molecular complexity index is 568. The summed E-state index contributed by atoms with van der Waals surface area (Å²) < 4.78 is 11.0. The molecule has 0 aliphatic rings. The molecule has 0 amide bonds. The number of hydrogen-bond donors (Lipinski definition) is 2. The molecule has 0 aliphatic heterocycles. The zero-order valence-electron chi connectivity index (χ0n) is 11.8. The molecule has 0 spiro atoms. The fourth-order valence-electron chi connectivity index (χ4n) is 1.77. The third-order valence-electron chi connectivity index (χ3n) is 2.96. The third-order valence-corrected chi connectivity index (χ3v) is 2.96. The maximum Gasteiger partial charge on any atom is 0.275 e. The number of phenolic OH excluding ortho intramolecular Hbond substituents is 2. The van der Waals surface area contributed by atoms with Gasteiger partial charge in [0.05, 0.1) is 0 Å². The van der Waals surface area contributed by atoms with Gasteiger partial charge >= 0.3 is 0 Å². The Labute approximate surface area is 123 Å². The van der Waals surface area contributed by atoms with Crippen LogP contribution in [0.1, 0.15) is 18.1 Å². The minimum Gasteiger partial charge on any atom is -0.508 e. The highest BCUT2D eigenvalue weighted by Crippen LogP contribution is 2.20. The molecule has 0 radical (unpaired) electrons. The molecule has 2 aromatic carbocycles. The second kappa shape index (κ2) is 7.24. The van der Waals surface area contributed by atoms with Gasteiger partial charge in [0, 0.05) is 11.1 Å². The number of allylic oxidation sites excluding steroid dienone is 1. The number of benzene rings is 2. The molecule has 0 aromatic heterocycles. The van der Waals surface area contributed by atoms with Crippen LogP contribution in [0.25, 0.3) is 0 Å². The molecule has 0 aliphatic carbocycles. The molecular weight excluding hydrogens is 268 g/mol. The van der Waals surface area contributed by atoms with Crippen molar-refractivity contribution in [2.75, 3.05) is 0 Å². The monoisotopic (exact) mass is 286 g/mol. The van der Waals surface area contributed by atoms with Crippen molar-refractivity contribution in [2.45, 2.75) is 20.1 Å². The van der Waals surface area contributed by atoms with E-state index in [0.29, 0.717) is 17.1 Å². The van der Waals surface area contributed by atoms with Crippen LogP contribution >= 0.6 is 0 Å². The van der Waals surface area contributed by atoms with E-state index in [9.17, 15) is 10.2 Å². The Balaban J connectivity index is 1.90. The molecule has 110 valence electrons. The molecule has 0 saturated carbocycles. The lowest BCUT2D eigenvalue weighted by Gasteiger charge is -2.13. The number of hydrogen-bond acceptors (Lipinski definition) is 4. The summed E-state index contributed by atoms with van der Waals surface area (Å²) in [6.45, 7) is 2.23. The lowest BCUT2D eigenvalue weighted by molar-refractivity contribution is 0.0181. The van der Waals surface area contributed by atoms with E-state index >= 15 is 0 Å². The van der Waals surface area contributed by atoms with Crippen molar-refractivity contribution in [3.05, 3.63) is 71.7 Å². The molecule has 0 atom stereocenters. The minimum absolute atomic E-state index is 0.189. The van der Waals surface area contributed by atoms with Crippen LogP contribution in [0, 0.1) is 0 Å². The Hall–Kier alpha value is -2.62.